The average Bonchev–Trinajstić information content (AvgIpc) is 3.26. The Kier molecular flexibility index (Phi) is 6.08. The van der Waals surface area contributed by atoms with Crippen LogP contribution in [0, 0.1) is 0 Å². The summed E-state index contributed by atoms with van der Waals surface area (Å²) in [6, 6.07) is 18.1. The lowest BCUT2D eigenvalue weighted by molar-refractivity contribution is -0.116. The maximum atomic E-state index is 12.4. The zero-order valence-electron chi connectivity index (χ0n) is 16.7. The van der Waals surface area contributed by atoms with Crippen LogP contribution >= 0.6 is 15.9 Å². The van der Waals surface area contributed by atoms with Crippen LogP contribution in [0.15, 0.2) is 80.7 Å². The molecule has 2 heterocycles. The molecule has 2 aromatic carbocycles. The van der Waals surface area contributed by atoms with E-state index in [1.165, 1.54) is 16.2 Å². The van der Waals surface area contributed by atoms with Crippen LogP contribution in [0.25, 0.3) is 22.8 Å². The molecule has 0 saturated carbocycles. The molecule has 31 heavy (non-hydrogen) atoms. The number of amides is 1. The third-order valence-electron chi connectivity index (χ3n) is 4.70. The van der Waals surface area contributed by atoms with Crippen LogP contribution in [0.4, 0.5) is 5.69 Å². The van der Waals surface area contributed by atoms with E-state index in [9.17, 15) is 9.59 Å². The molecule has 0 aliphatic rings. The van der Waals surface area contributed by atoms with Crippen LogP contribution in [0.5, 0.6) is 0 Å². The summed E-state index contributed by atoms with van der Waals surface area (Å²) in [7, 11) is 0. The van der Waals surface area contributed by atoms with Gasteiger partial charge >= 0.3 is 0 Å². The largest absolute Gasteiger partial charge is 0.334 e. The number of rotatable bonds is 6. The van der Waals surface area contributed by atoms with E-state index in [1.54, 1.807) is 12.3 Å². The number of nitrogens with zero attached hydrogens (tertiary/aromatic N) is 3. The zero-order valence-corrected chi connectivity index (χ0v) is 18.3. The fourth-order valence-electron chi connectivity index (χ4n) is 3.05. The summed E-state index contributed by atoms with van der Waals surface area (Å²) in [6.45, 7) is 1.94. The first kappa shape index (κ1) is 20.7. The normalized spacial score (nSPS) is 10.8. The number of anilines is 1. The lowest BCUT2D eigenvalue weighted by Crippen LogP contribution is -2.26. The Morgan fingerprint density at radius 3 is 2.65 bits per heavy atom. The van der Waals surface area contributed by atoms with Gasteiger partial charge in [-0.3, -0.25) is 9.59 Å². The van der Waals surface area contributed by atoms with E-state index in [0.717, 1.165) is 16.5 Å². The number of nitrogens with one attached hydrogen (secondary N) is 1. The fourth-order valence-corrected chi connectivity index (χ4v) is 3.45. The minimum Gasteiger partial charge on any atom is -0.334 e. The van der Waals surface area contributed by atoms with Crippen molar-refractivity contribution in [2.45, 2.75) is 19.9 Å². The van der Waals surface area contributed by atoms with Gasteiger partial charge in [0.2, 0.25) is 11.7 Å². The number of halogens is 1. The van der Waals surface area contributed by atoms with Gasteiger partial charge in [-0.2, -0.15) is 4.98 Å². The molecular weight excluding hydrogens is 460 g/mol. The Labute approximate surface area is 186 Å². The average molecular weight is 479 g/mol. The number of hydrogen-bond donors (Lipinski definition) is 1. The number of carbonyl (C=O) groups is 1. The van der Waals surface area contributed by atoms with Crippen molar-refractivity contribution in [2.75, 3.05) is 5.32 Å². The van der Waals surface area contributed by atoms with Crippen LogP contribution < -0.4 is 10.9 Å². The summed E-state index contributed by atoms with van der Waals surface area (Å²) in [4.78, 5) is 29.1. The van der Waals surface area contributed by atoms with E-state index in [2.05, 4.69) is 38.3 Å². The van der Waals surface area contributed by atoms with Gasteiger partial charge in [-0.05, 0) is 42.3 Å². The van der Waals surface area contributed by atoms with Crippen molar-refractivity contribution in [1.82, 2.24) is 14.7 Å². The Balaban J connectivity index is 1.52. The van der Waals surface area contributed by atoms with Gasteiger partial charge < -0.3 is 14.4 Å². The molecule has 8 heteroatoms. The van der Waals surface area contributed by atoms with Gasteiger partial charge in [0.15, 0.2) is 0 Å². The summed E-state index contributed by atoms with van der Waals surface area (Å²) in [6.07, 6.45) is 2.47. The van der Waals surface area contributed by atoms with Gasteiger partial charge in [0.25, 0.3) is 11.4 Å². The molecular formula is C23H19BrN4O3. The van der Waals surface area contributed by atoms with Gasteiger partial charge in [-0.25, -0.2) is 0 Å². The van der Waals surface area contributed by atoms with E-state index < -0.39 is 0 Å². The van der Waals surface area contributed by atoms with Crippen molar-refractivity contribution < 1.29 is 9.32 Å². The van der Waals surface area contributed by atoms with Gasteiger partial charge in [0, 0.05) is 28.0 Å². The molecule has 1 N–H and O–H groups in total. The lowest BCUT2D eigenvalue weighted by Gasteiger charge is -2.08. The van der Waals surface area contributed by atoms with E-state index >= 15 is 0 Å². The molecule has 4 rings (SSSR count). The second kappa shape index (κ2) is 9.09. The minimum atomic E-state index is -0.302. The maximum Gasteiger partial charge on any atom is 0.259 e. The smallest absolute Gasteiger partial charge is 0.259 e. The SMILES string of the molecule is CCc1ccc(NC(=O)Cn2cc(-c3nc(-c4cccc(Br)c4)no3)ccc2=O)cc1. The molecule has 0 aliphatic carbocycles. The number of carbonyl (C=O) groups excluding carboxylic acids is 1. The Morgan fingerprint density at radius 1 is 1.10 bits per heavy atom. The van der Waals surface area contributed by atoms with Gasteiger partial charge in [-0.15, -0.1) is 0 Å². The number of hydrogen-bond acceptors (Lipinski definition) is 5. The van der Waals surface area contributed by atoms with E-state index in [4.69, 9.17) is 4.52 Å². The molecule has 1 amide bonds. The maximum absolute atomic E-state index is 12.4. The summed E-state index contributed by atoms with van der Waals surface area (Å²) in [5.41, 5.74) is 2.91. The van der Waals surface area contributed by atoms with Crippen molar-refractivity contribution in [3.05, 3.63) is 87.3 Å². The molecule has 0 radical (unpaired) electrons. The van der Waals surface area contributed by atoms with E-state index in [1.807, 2.05) is 48.5 Å². The number of pyridine rings is 1. The molecule has 0 spiro atoms. The Hall–Kier alpha value is -3.52. The Morgan fingerprint density at radius 2 is 1.90 bits per heavy atom. The van der Waals surface area contributed by atoms with Gasteiger partial charge in [0.05, 0.1) is 5.56 Å². The lowest BCUT2D eigenvalue weighted by atomic mass is 10.1. The van der Waals surface area contributed by atoms with Crippen molar-refractivity contribution in [3.63, 3.8) is 0 Å². The second-order valence-electron chi connectivity index (χ2n) is 6.92. The molecule has 4 aromatic rings. The first-order valence-corrected chi connectivity index (χ1v) is 10.5. The fraction of sp³-hybridized carbons (Fsp3) is 0.130. The van der Waals surface area contributed by atoms with Crippen molar-refractivity contribution in [2.24, 2.45) is 0 Å². The van der Waals surface area contributed by atoms with Crippen LogP contribution in [0.2, 0.25) is 0 Å². The molecule has 0 aliphatic heterocycles. The van der Waals surface area contributed by atoms with E-state index in [0.29, 0.717) is 17.1 Å². The molecule has 0 saturated heterocycles. The van der Waals surface area contributed by atoms with Crippen molar-refractivity contribution in [1.29, 1.82) is 0 Å². The predicted octanol–water partition coefficient (Wildman–Crippen LogP) is 4.53. The summed E-state index contributed by atoms with van der Waals surface area (Å²) >= 11 is 3.42. The molecule has 0 fully saturated rings. The zero-order chi connectivity index (χ0) is 21.8. The quantitative estimate of drug-likeness (QED) is 0.439. The van der Waals surface area contributed by atoms with E-state index in [-0.39, 0.29) is 23.9 Å². The number of benzene rings is 2. The Bertz CT molecular complexity index is 1280. The summed E-state index contributed by atoms with van der Waals surface area (Å²) in [5.74, 6) is 0.394. The van der Waals surface area contributed by atoms with Crippen LogP contribution in [0.1, 0.15) is 12.5 Å². The summed E-state index contributed by atoms with van der Waals surface area (Å²) < 4.78 is 7.59. The predicted molar refractivity (Wildman–Crippen MR) is 122 cm³/mol. The number of aryl methyl sites for hydroxylation is 1. The molecule has 0 bridgehead atoms. The molecule has 0 unspecified atom stereocenters. The topological polar surface area (TPSA) is 90.0 Å². The van der Waals surface area contributed by atoms with Crippen molar-refractivity contribution >= 4 is 27.5 Å². The van der Waals surface area contributed by atoms with Crippen molar-refractivity contribution in [3.8, 4) is 22.8 Å². The molecule has 7 nitrogen and oxygen atoms in total. The first-order chi connectivity index (χ1) is 15.0. The second-order valence-corrected chi connectivity index (χ2v) is 7.83. The van der Waals surface area contributed by atoms with Gasteiger partial charge in [-0.1, -0.05) is 52.3 Å². The summed E-state index contributed by atoms with van der Waals surface area (Å²) in [5, 5.41) is 6.82. The minimum absolute atomic E-state index is 0.130. The van der Waals surface area contributed by atoms with Crippen LogP contribution in [-0.2, 0) is 17.8 Å². The number of aromatic nitrogens is 3. The van der Waals surface area contributed by atoms with Crippen LogP contribution in [0.3, 0.4) is 0 Å². The standard InChI is InChI=1S/C23H19BrN4O3/c1-2-15-6-9-19(10-7-15)25-20(29)14-28-13-17(8-11-21(28)30)23-26-22(27-31-23)16-4-3-5-18(24)12-16/h3-13H,2,14H2,1H3,(H,25,29). The first-order valence-electron chi connectivity index (χ1n) is 9.71. The van der Waals surface area contributed by atoms with Gasteiger partial charge in [0.1, 0.15) is 6.54 Å². The highest BCUT2D eigenvalue weighted by atomic mass is 79.9. The van der Waals surface area contributed by atoms with Crippen LogP contribution in [-0.4, -0.2) is 20.6 Å². The highest BCUT2D eigenvalue weighted by Gasteiger charge is 2.13. The third kappa shape index (κ3) is 4.97. The molecule has 0 atom stereocenters. The molecule has 2 aromatic heterocycles. The monoisotopic (exact) mass is 478 g/mol. The molecule has 156 valence electrons. The third-order valence-corrected chi connectivity index (χ3v) is 5.19. The highest BCUT2D eigenvalue weighted by Crippen LogP contribution is 2.23. The highest BCUT2D eigenvalue weighted by molar-refractivity contribution is 9.10.